The minimum atomic E-state index is -1.49. The van der Waals surface area contributed by atoms with Gasteiger partial charge in [-0.2, -0.15) is 5.26 Å². The third-order valence-electron chi connectivity index (χ3n) is 13.0. The Balaban J connectivity index is 1.01. The molecule has 0 aliphatic carbocycles. The van der Waals surface area contributed by atoms with Crippen molar-refractivity contribution in [1.29, 1.82) is 5.26 Å². The van der Waals surface area contributed by atoms with Crippen molar-refractivity contribution in [1.82, 2.24) is 0 Å². The van der Waals surface area contributed by atoms with Gasteiger partial charge in [0.2, 0.25) is 0 Å². The number of anilines is 6. The molecule has 8 heteroatoms. The first-order chi connectivity index (χ1) is 31.9. The predicted molar refractivity (Wildman–Crippen MR) is 282 cm³/mol. The van der Waals surface area contributed by atoms with Gasteiger partial charge in [-0.05, 0) is 132 Å². The highest BCUT2D eigenvalue weighted by Crippen LogP contribution is 2.46. The van der Waals surface area contributed by atoms with Crippen molar-refractivity contribution in [3.8, 4) is 6.07 Å². The van der Waals surface area contributed by atoms with Gasteiger partial charge in [-0.25, -0.2) is 4.85 Å². The lowest BCUT2D eigenvalue weighted by atomic mass is 10.0. The lowest BCUT2D eigenvalue weighted by molar-refractivity contribution is 0.666. The molecule has 66 heavy (non-hydrogen) atoms. The summed E-state index contributed by atoms with van der Waals surface area (Å²) in [4.78, 5) is 8.15. The van der Waals surface area contributed by atoms with E-state index in [-0.39, 0.29) is 0 Å². The Hall–Kier alpha value is -7.89. The number of nitriles is 1. The molecule has 0 atom stereocenters. The molecule has 318 valence electrons. The summed E-state index contributed by atoms with van der Waals surface area (Å²) >= 11 is 0. The van der Waals surface area contributed by atoms with Crippen LogP contribution in [-0.4, -0.2) is 16.1 Å². The minimum Gasteiger partial charge on any atom is -0.455 e. The topological polar surface area (TPSA) is 60.9 Å². The Bertz CT molecular complexity index is 3540. The highest BCUT2D eigenvalue weighted by atomic mass is 28.3. The van der Waals surface area contributed by atoms with Crippen molar-refractivity contribution >= 4 is 132 Å². The Morgan fingerprint density at radius 2 is 0.803 bits per heavy atom. The van der Waals surface area contributed by atoms with Gasteiger partial charge in [-0.1, -0.05) is 98.2 Å². The van der Waals surface area contributed by atoms with Gasteiger partial charge in [-0.15, -0.1) is 0 Å². The summed E-state index contributed by atoms with van der Waals surface area (Å²) in [6.07, 6.45) is 0. The number of hydrogen-bond acceptors (Lipinski definition) is 5. The molecule has 0 aliphatic rings. The Kier molecular flexibility index (Phi) is 9.52. The molecule has 0 fully saturated rings. The lowest BCUT2D eigenvalue weighted by Crippen LogP contribution is -2.37. The van der Waals surface area contributed by atoms with E-state index in [2.05, 4.69) is 169 Å². The molecule has 2 heterocycles. The van der Waals surface area contributed by atoms with E-state index in [4.69, 9.17) is 15.4 Å². The average molecular weight is 887 g/mol. The van der Waals surface area contributed by atoms with E-state index in [1.165, 1.54) is 10.4 Å². The van der Waals surface area contributed by atoms with E-state index in [0.29, 0.717) is 11.3 Å². The molecule has 11 rings (SSSR count). The molecule has 0 saturated heterocycles. The fourth-order valence-electron chi connectivity index (χ4n) is 9.44. The van der Waals surface area contributed by atoms with Gasteiger partial charge >= 0.3 is 0 Å². The number of nitrogens with zero attached hydrogens (tertiary/aromatic N) is 4. The number of furan rings is 2. The SMILES string of the molecule is [C-]#[N+]c1ccc(N(c2ccc([Si](C)(C)C)cc2)c2ccc3c(ccc4c3oc3ccc5oc6c7ccc(N(c8ccc(C#N)cc8)c8ccc([Si](C)(C)C)cc8)cc7ccc6c5c34)c2)cc1. The molecule has 0 bridgehead atoms. The van der Waals surface area contributed by atoms with Crippen LogP contribution in [-0.2, 0) is 0 Å². The molecule has 11 aromatic rings. The molecule has 0 N–H and O–H groups in total. The molecule has 0 aliphatic heterocycles. The first-order valence-corrected chi connectivity index (χ1v) is 29.3. The van der Waals surface area contributed by atoms with Crippen LogP contribution in [0, 0.1) is 17.9 Å². The summed E-state index contributed by atoms with van der Waals surface area (Å²) in [5.74, 6) is 0. The first kappa shape index (κ1) is 40.9. The standard InChI is InChI=1S/C58H46N4O2Si2/c1-60-40-12-16-42(17-13-40)62(44-20-26-48(27-21-44)66(5,6)7)46-23-31-50-39(35-46)11-29-52-56-54(64-58(50)52)33-32-53-55(56)51-28-10-38-34-45(22-30-49(38)57(51)63-53)61(41-14-8-37(36-59)9-15-41)43-18-24-47(25-19-43)65(2,3)4/h8-35H,2-7H3. The van der Waals surface area contributed by atoms with E-state index < -0.39 is 16.1 Å². The molecule has 2 aromatic heterocycles. The average Bonchev–Trinajstić information content (AvgIpc) is 3.91. The second-order valence-corrected chi connectivity index (χ2v) is 29.4. The normalized spacial score (nSPS) is 12.1. The molecule has 0 unspecified atom stereocenters. The Morgan fingerprint density at radius 1 is 0.439 bits per heavy atom. The van der Waals surface area contributed by atoms with Gasteiger partial charge in [-0.3, -0.25) is 0 Å². The Morgan fingerprint density at radius 3 is 1.18 bits per heavy atom. The van der Waals surface area contributed by atoms with Crippen LogP contribution in [0.2, 0.25) is 39.3 Å². The van der Waals surface area contributed by atoms with E-state index in [1.54, 1.807) is 0 Å². The van der Waals surface area contributed by atoms with Gasteiger partial charge in [0, 0.05) is 66.4 Å². The highest BCUT2D eigenvalue weighted by Gasteiger charge is 2.23. The first-order valence-electron chi connectivity index (χ1n) is 22.3. The maximum atomic E-state index is 9.55. The molecular formula is C58H46N4O2Si2. The van der Waals surface area contributed by atoms with E-state index in [9.17, 15) is 5.26 Å². The number of benzene rings is 9. The predicted octanol–water partition coefficient (Wildman–Crippen LogP) is 16.2. The van der Waals surface area contributed by atoms with Gasteiger partial charge in [0.05, 0.1) is 34.4 Å². The molecule has 0 spiro atoms. The van der Waals surface area contributed by atoms with Crippen LogP contribution >= 0.6 is 0 Å². The second kappa shape index (κ2) is 15.4. The van der Waals surface area contributed by atoms with Gasteiger partial charge in [0.25, 0.3) is 0 Å². The Labute approximate surface area is 386 Å². The summed E-state index contributed by atoms with van der Waals surface area (Å²) < 4.78 is 13.6. The smallest absolute Gasteiger partial charge is 0.187 e. The fourth-order valence-corrected chi connectivity index (χ4v) is 11.8. The number of rotatable bonds is 8. The van der Waals surface area contributed by atoms with Crippen molar-refractivity contribution < 1.29 is 8.83 Å². The maximum absolute atomic E-state index is 9.55. The van der Waals surface area contributed by atoms with Crippen LogP contribution in [0.3, 0.4) is 0 Å². The van der Waals surface area contributed by atoms with E-state index in [1.807, 2.05) is 60.7 Å². The monoisotopic (exact) mass is 886 g/mol. The van der Waals surface area contributed by atoms with E-state index in [0.717, 1.165) is 99.5 Å². The maximum Gasteiger partial charge on any atom is 0.187 e. The quantitative estimate of drug-likeness (QED) is 0.112. The second-order valence-electron chi connectivity index (χ2n) is 19.3. The molecule has 9 aromatic carbocycles. The summed E-state index contributed by atoms with van der Waals surface area (Å²) in [6, 6.07) is 61.7. The summed E-state index contributed by atoms with van der Waals surface area (Å²) in [5.41, 5.74) is 10.7. The van der Waals surface area contributed by atoms with Crippen LogP contribution in [0.25, 0.3) is 70.3 Å². The molecule has 0 radical (unpaired) electrons. The van der Waals surface area contributed by atoms with Gasteiger partial charge in [0.1, 0.15) is 22.3 Å². The third kappa shape index (κ3) is 6.90. The zero-order valence-electron chi connectivity index (χ0n) is 37.8. The zero-order chi connectivity index (χ0) is 45.5. The van der Waals surface area contributed by atoms with Crippen LogP contribution < -0.4 is 20.2 Å². The third-order valence-corrected chi connectivity index (χ3v) is 17.1. The highest BCUT2D eigenvalue weighted by molar-refractivity contribution is 6.89. The minimum absolute atomic E-state index is 0.613. The molecule has 6 nitrogen and oxygen atoms in total. The number of fused-ring (bicyclic) bond motifs is 11. The summed E-state index contributed by atoms with van der Waals surface area (Å²) in [5, 5.41) is 20.7. The van der Waals surface area contributed by atoms with Crippen molar-refractivity contribution in [3.05, 3.63) is 187 Å². The summed E-state index contributed by atoms with van der Waals surface area (Å²) in [7, 11) is -2.98. The van der Waals surface area contributed by atoms with Gasteiger partial charge in [0.15, 0.2) is 5.69 Å². The van der Waals surface area contributed by atoms with Crippen molar-refractivity contribution in [3.63, 3.8) is 0 Å². The fraction of sp³-hybridized carbons (Fsp3) is 0.103. The zero-order valence-corrected chi connectivity index (χ0v) is 39.8. The van der Waals surface area contributed by atoms with Crippen LogP contribution in [0.5, 0.6) is 0 Å². The van der Waals surface area contributed by atoms with Crippen LogP contribution in [0.1, 0.15) is 5.56 Å². The van der Waals surface area contributed by atoms with Crippen molar-refractivity contribution in [2.45, 2.75) is 39.3 Å². The number of hydrogen-bond donors (Lipinski definition) is 0. The molecule has 0 saturated carbocycles. The molecular weight excluding hydrogens is 841 g/mol. The largest absolute Gasteiger partial charge is 0.455 e. The lowest BCUT2D eigenvalue weighted by Gasteiger charge is -2.27. The van der Waals surface area contributed by atoms with E-state index >= 15 is 0 Å². The van der Waals surface area contributed by atoms with Gasteiger partial charge < -0.3 is 18.6 Å². The molecule has 0 amide bonds. The summed E-state index contributed by atoms with van der Waals surface area (Å²) in [6.45, 7) is 21.7. The van der Waals surface area contributed by atoms with Crippen LogP contribution in [0.15, 0.2) is 179 Å². The van der Waals surface area contributed by atoms with Crippen molar-refractivity contribution in [2.24, 2.45) is 0 Å². The van der Waals surface area contributed by atoms with Crippen molar-refractivity contribution in [2.75, 3.05) is 9.80 Å². The van der Waals surface area contributed by atoms with Crippen LogP contribution in [0.4, 0.5) is 39.8 Å².